The standard InChI is InChI=1S/C18H21N3O2S2/c1-12-9-15(13(2)21(12)6-4-7-23-3)16(22)10-25-18-14-5-8-24-17(14)19-11-20-18/h5,8-9,11H,4,6-7,10H2,1-3H3. The van der Waals surface area contributed by atoms with Crippen LogP contribution < -0.4 is 0 Å². The SMILES string of the molecule is COCCCn1c(C)cc(C(=O)CSc2ncnc3sccc23)c1C. The van der Waals surface area contributed by atoms with Crippen LogP contribution in [0.3, 0.4) is 0 Å². The summed E-state index contributed by atoms with van der Waals surface area (Å²) in [6, 6.07) is 4.00. The van der Waals surface area contributed by atoms with Gasteiger partial charge in [0.2, 0.25) is 0 Å². The van der Waals surface area contributed by atoms with Gasteiger partial charge in [-0.1, -0.05) is 11.8 Å². The zero-order valence-corrected chi connectivity index (χ0v) is 16.2. The van der Waals surface area contributed by atoms with Crippen LogP contribution in [-0.4, -0.2) is 39.8 Å². The van der Waals surface area contributed by atoms with Crippen molar-refractivity contribution in [1.82, 2.24) is 14.5 Å². The third kappa shape index (κ3) is 3.94. The van der Waals surface area contributed by atoms with Gasteiger partial charge >= 0.3 is 0 Å². The van der Waals surface area contributed by atoms with Crippen molar-refractivity contribution in [2.24, 2.45) is 0 Å². The Morgan fingerprint density at radius 3 is 3.00 bits per heavy atom. The van der Waals surface area contributed by atoms with E-state index in [4.69, 9.17) is 4.74 Å². The van der Waals surface area contributed by atoms with Crippen molar-refractivity contribution < 1.29 is 9.53 Å². The van der Waals surface area contributed by atoms with E-state index in [1.54, 1.807) is 24.8 Å². The Balaban J connectivity index is 1.71. The van der Waals surface area contributed by atoms with Gasteiger partial charge in [0, 0.05) is 42.6 Å². The summed E-state index contributed by atoms with van der Waals surface area (Å²) in [6.45, 7) is 5.65. The molecule has 0 saturated heterocycles. The second kappa shape index (κ2) is 8.12. The minimum absolute atomic E-state index is 0.137. The molecule has 0 fully saturated rings. The fourth-order valence-corrected chi connectivity index (χ4v) is 4.55. The number of hydrogen-bond donors (Lipinski definition) is 0. The lowest BCUT2D eigenvalue weighted by molar-refractivity contribution is 0.102. The first-order valence-electron chi connectivity index (χ1n) is 8.11. The maximum Gasteiger partial charge on any atom is 0.174 e. The van der Waals surface area contributed by atoms with Crippen molar-refractivity contribution in [1.29, 1.82) is 0 Å². The number of carbonyl (C=O) groups excluding carboxylic acids is 1. The molecule has 0 spiro atoms. The molecule has 7 heteroatoms. The fourth-order valence-electron chi connectivity index (χ4n) is 2.89. The molecular weight excluding hydrogens is 354 g/mol. The van der Waals surface area contributed by atoms with Crippen LogP contribution in [0.5, 0.6) is 0 Å². The number of carbonyl (C=O) groups is 1. The second-order valence-electron chi connectivity index (χ2n) is 5.81. The molecule has 0 saturated carbocycles. The molecule has 25 heavy (non-hydrogen) atoms. The van der Waals surface area contributed by atoms with Crippen LogP contribution in [0.25, 0.3) is 10.2 Å². The van der Waals surface area contributed by atoms with Gasteiger partial charge in [0.05, 0.1) is 5.75 Å². The number of nitrogens with zero attached hydrogens (tertiary/aromatic N) is 3. The summed E-state index contributed by atoms with van der Waals surface area (Å²) >= 11 is 3.07. The number of hydrogen-bond acceptors (Lipinski definition) is 6. The highest BCUT2D eigenvalue weighted by molar-refractivity contribution is 8.00. The van der Waals surface area contributed by atoms with Gasteiger partial charge < -0.3 is 9.30 Å². The van der Waals surface area contributed by atoms with Crippen molar-refractivity contribution in [2.45, 2.75) is 31.8 Å². The van der Waals surface area contributed by atoms with E-state index in [1.165, 1.54) is 11.8 Å². The zero-order valence-electron chi connectivity index (χ0n) is 14.6. The highest BCUT2D eigenvalue weighted by Gasteiger charge is 2.17. The Bertz CT molecular complexity index is 886. The highest BCUT2D eigenvalue weighted by Crippen LogP contribution is 2.28. The summed E-state index contributed by atoms with van der Waals surface area (Å²) in [5.74, 6) is 0.516. The summed E-state index contributed by atoms with van der Waals surface area (Å²) in [4.78, 5) is 22.2. The molecule has 132 valence electrons. The average Bonchev–Trinajstić information content (AvgIpc) is 3.19. The molecule has 0 aliphatic rings. The molecule has 3 aromatic heterocycles. The average molecular weight is 376 g/mol. The first-order valence-corrected chi connectivity index (χ1v) is 9.98. The van der Waals surface area contributed by atoms with Gasteiger partial charge in [0.1, 0.15) is 16.2 Å². The Morgan fingerprint density at radius 2 is 2.20 bits per heavy atom. The van der Waals surface area contributed by atoms with E-state index in [0.29, 0.717) is 5.75 Å². The molecule has 0 bridgehead atoms. The summed E-state index contributed by atoms with van der Waals surface area (Å²) in [5.41, 5.74) is 2.95. The second-order valence-corrected chi connectivity index (χ2v) is 7.67. The number of fused-ring (bicyclic) bond motifs is 1. The third-order valence-electron chi connectivity index (χ3n) is 4.17. The molecule has 3 aromatic rings. The first-order chi connectivity index (χ1) is 12.1. The Kier molecular flexibility index (Phi) is 5.88. The molecule has 0 aliphatic heterocycles. The van der Waals surface area contributed by atoms with Gasteiger partial charge in [-0.25, -0.2) is 9.97 Å². The number of ketones is 1. The van der Waals surface area contributed by atoms with Crippen LogP contribution in [0, 0.1) is 13.8 Å². The maximum absolute atomic E-state index is 12.7. The molecule has 0 N–H and O–H groups in total. The first kappa shape index (κ1) is 18.1. The van der Waals surface area contributed by atoms with E-state index in [0.717, 1.165) is 51.8 Å². The topological polar surface area (TPSA) is 57.0 Å². The molecular formula is C18H21N3O2S2. The summed E-state index contributed by atoms with van der Waals surface area (Å²) in [7, 11) is 1.71. The summed E-state index contributed by atoms with van der Waals surface area (Å²) < 4.78 is 7.31. The monoisotopic (exact) mass is 375 g/mol. The molecule has 5 nitrogen and oxygen atoms in total. The third-order valence-corrected chi connectivity index (χ3v) is 6.00. The van der Waals surface area contributed by atoms with E-state index in [1.807, 2.05) is 31.4 Å². The molecule has 0 radical (unpaired) electrons. The molecule has 3 rings (SSSR count). The normalized spacial score (nSPS) is 11.3. The van der Waals surface area contributed by atoms with Crippen LogP contribution in [-0.2, 0) is 11.3 Å². The number of aryl methyl sites for hydroxylation is 1. The zero-order chi connectivity index (χ0) is 17.8. The van der Waals surface area contributed by atoms with Crippen LogP contribution in [0.4, 0.5) is 0 Å². The number of aromatic nitrogens is 3. The summed E-state index contributed by atoms with van der Waals surface area (Å²) in [6.07, 6.45) is 2.50. The lowest BCUT2D eigenvalue weighted by Gasteiger charge is -2.09. The van der Waals surface area contributed by atoms with E-state index in [-0.39, 0.29) is 5.78 Å². The van der Waals surface area contributed by atoms with Crippen LogP contribution in [0.2, 0.25) is 0 Å². The Hall–Kier alpha value is -1.70. The lowest BCUT2D eigenvalue weighted by atomic mass is 10.2. The number of thioether (sulfide) groups is 1. The van der Waals surface area contributed by atoms with Crippen LogP contribution >= 0.6 is 23.1 Å². The van der Waals surface area contributed by atoms with Crippen molar-refractivity contribution in [2.75, 3.05) is 19.5 Å². The van der Waals surface area contributed by atoms with Gasteiger partial charge in [0.25, 0.3) is 0 Å². The lowest BCUT2D eigenvalue weighted by Crippen LogP contribution is -2.08. The molecule has 0 aliphatic carbocycles. The predicted molar refractivity (Wildman–Crippen MR) is 103 cm³/mol. The number of methoxy groups -OCH3 is 1. The quantitative estimate of drug-likeness (QED) is 0.256. The molecule has 0 aromatic carbocycles. The molecule has 0 amide bonds. The van der Waals surface area contributed by atoms with E-state index in [2.05, 4.69) is 14.5 Å². The molecule has 3 heterocycles. The van der Waals surface area contributed by atoms with Gasteiger partial charge in [-0.15, -0.1) is 11.3 Å². The van der Waals surface area contributed by atoms with E-state index < -0.39 is 0 Å². The van der Waals surface area contributed by atoms with Gasteiger partial charge in [-0.2, -0.15) is 0 Å². The number of rotatable bonds is 8. The van der Waals surface area contributed by atoms with Gasteiger partial charge in [-0.3, -0.25) is 4.79 Å². The Morgan fingerprint density at radius 1 is 1.36 bits per heavy atom. The minimum atomic E-state index is 0.137. The van der Waals surface area contributed by atoms with E-state index >= 15 is 0 Å². The van der Waals surface area contributed by atoms with Crippen molar-refractivity contribution in [3.8, 4) is 0 Å². The van der Waals surface area contributed by atoms with Crippen LogP contribution in [0.1, 0.15) is 28.2 Å². The number of Topliss-reactive ketones (excluding diaryl/α,β-unsaturated/α-hetero) is 1. The minimum Gasteiger partial charge on any atom is -0.385 e. The Labute approximate surface area is 155 Å². The predicted octanol–water partition coefficient (Wildman–Crippen LogP) is 4.12. The molecule has 0 unspecified atom stereocenters. The summed E-state index contributed by atoms with van der Waals surface area (Å²) in [5, 5.41) is 3.89. The number of thiophene rings is 1. The van der Waals surface area contributed by atoms with E-state index in [9.17, 15) is 4.79 Å². The van der Waals surface area contributed by atoms with Gasteiger partial charge in [-0.05, 0) is 37.8 Å². The fraction of sp³-hybridized carbons (Fsp3) is 0.389. The number of ether oxygens (including phenoxy) is 1. The van der Waals surface area contributed by atoms with Crippen LogP contribution in [0.15, 0.2) is 28.9 Å². The highest BCUT2D eigenvalue weighted by atomic mass is 32.2. The van der Waals surface area contributed by atoms with Crippen molar-refractivity contribution in [3.05, 3.63) is 40.8 Å². The smallest absolute Gasteiger partial charge is 0.174 e. The van der Waals surface area contributed by atoms with Crippen molar-refractivity contribution >= 4 is 39.1 Å². The molecule has 0 atom stereocenters. The van der Waals surface area contributed by atoms with Crippen molar-refractivity contribution in [3.63, 3.8) is 0 Å². The van der Waals surface area contributed by atoms with Gasteiger partial charge in [0.15, 0.2) is 5.78 Å². The maximum atomic E-state index is 12.7. The largest absolute Gasteiger partial charge is 0.385 e.